The third-order valence-corrected chi connectivity index (χ3v) is 4.34. The molecule has 4 nitrogen and oxygen atoms in total. The van der Waals surface area contributed by atoms with Gasteiger partial charge in [-0.05, 0) is 35.6 Å². The molecule has 0 spiro atoms. The highest BCUT2D eigenvalue weighted by Crippen LogP contribution is 2.31. The molecule has 0 radical (unpaired) electrons. The summed E-state index contributed by atoms with van der Waals surface area (Å²) in [7, 11) is 0. The molecule has 0 fully saturated rings. The Labute approximate surface area is 108 Å². The number of nitrogens with zero attached hydrogens (tertiary/aromatic N) is 2. The molecule has 1 atom stereocenters. The zero-order valence-corrected chi connectivity index (χ0v) is 10.5. The number of hydrogen-bond acceptors (Lipinski definition) is 4. The monoisotopic (exact) mass is 256 g/mol. The van der Waals surface area contributed by atoms with Gasteiger partial charge in [-0.1, -0.05) is 0 Å². The molecule has 0 bridgehead atoms. The van der Waals surface area contributed by atoms with Gasteiger partial charge in [0.15, 0.2) is 5.65 Å². The van der Waals surface area contributed by atoms with Gasteiger partial charge in [0.2, 0.25) is 0 Å². The molecule has 4 rings (SSSR count). The summed E-state index contributed by atoms with van der Waals surface area (Å²) in [4.78, 5) is 13.7. The number of thiophene rings is 1. The first kappa shape index (κ1) is 10.2. The van der Waals surface area contributed by atoms with Crippen LogP contribution in [0.15, 0.2) is 29.8 Å². The highest BCUT2D eigenvalue weighted by atomic mass is 32.1. The molecular formula is C13H12N4S. The third-order valence-electron chi connectivity index (χ3n) is 3.34. The molecule has 1 aliphatic heterocycles. The smallest absolute Gasteiger partial charge is 0.177 e. The van der Waals surface area contributed by atoms with Crippen LogP contribution in [0.3, 0.4) is 0 Å². The second-order valence-electron chi connectivity index (χ2n) is 4.43. The molecule has 0 aromatic carbocycles. The first-order valence-corrected chi connectivity index (χ1v) is 6.90. The van der Waals surface area contributed by atoms with Crippen LogP contribution in [-0.4, -0.2) is 21.5 Å². The van der Waals surface area contributed by atoms with Gasteiger partial charge < -0.3 is 10.3 Å². The maximum absolute atomic E-state index is 4.59. The Morgan fingerprint density at radius 3 is 3.28 bits per heavy atom. The van der Waals surface area contributed by atoms with Crippen molar-refractivity contribution >= 4 is 22.5 Å². The Balaban J connectivity index is 1.84. The van der Waals surface area contributed by atoms with Crippen LogP contribution in [0.25, 0.3) is 11.2 Å². The molecule has 3 aromatic rings. The van der Waals surface area contributed by atoms with Gasteiger partial charge in [-0.15, -0.1) is 11.3 Å². The van der Waals surface area contributed by atoms with Gasteiger partial charge >= 0.3 is 0 Å². The molecule has 90 valence electrons. The van der Waals surface area contributed by atoms with Crippen molar-refractivity contribution in [3.63, 3.8) is 0 Å². The van der Waals surface area contributed by atoms with Gasteiger partial charge in [0, 0.05) is 17.6 Å². The van der Waals surface area contributed by atoms with Gasteiger partial charge in [0.05, 0.1) is 11.6 Å². The van der Waals surface area contributed by atoms with E-state index < -0.39 is 0 Å². The van der Waals surface area contributed by atoms with Gasteiger partial charge in [-0.2, -0.15) is 0 Å². The quantitative estimate of drug-likeness (QED) is 0.702. The highest BCUT2D eigenvalue weighted by Gasteiger charge is 2.24. The summed E-state index contributed by atoms with van der Waals surface area (Å²) in [5.74, 6) is 0.961. The Morgan fingerprint density at radius 2 is 2.33 bits per heavy atom. The summed E-state index contributed by atoms with van der Waals surface area (Å²) in [6.07, 6.45) is 2.89. The van der Waals surface area contributed by atoms with E-state index in [1.54, 1.807) is 6.20 Å². The van der Waals surface area contributed by atoms with Crippen LogP contribution in [0.5, 0.6) is 0 Å². The number of pyridine rings is 1. The molecule has 0 saturated heterocycles. The van der Waals surface area contributed by atoms with Crippen LogP contribution < -0.4 is 5.32 Å². The summed E-state index contributed by atoms with van der Waals surface area (Å²) in [6.45, 7) is 1.00. The molecule has 1 aliphatic rings. The molecule has 2 N–H and O–H groups in total. The summed E-state index contributed by atoms with van der Waals surface area (Å²) >= 11 is 1.83. The third kappa shape index (κ3) is 1.48. The zero-order valence-electron chi connectivity index (χ0n) is 9.68. The first-order valence-electron chi connectivity index (χ1n) is 6.02. The number of rotatable bonds is 1. The van der Waals surface area contributed by atoms with E-state index >= 15 is 0 Å². The second-order valence-corrected chi connectivity index (χ2v) is 5.43. The molecule has 0 aliphatic carbocycles. The summed E-state index contributed by atoms with van der Waals surface area (Å²) in [5.41, 5.74) is 3.14. The Hall–Kier alpha value is -1.72. The fourth-order valence-corrected chi connectivity index (χ4v) is 3.42. The van der Waals surface area contributed by atoms with E-state index in [2.05, 4.69) is 31.7 Å². The minimum Gasteiger partial charge on any atom is -0.339 e. The van der Waals surface area contributed by atoms with E-state index in [0.29, 0.717) is 0 Å². The Kier molecular flexibility index (Phi) is 2.21. The molecule has 0 amide bonds. The van der Waals surface area contributed by atoms with Crippen molar-refractivity contribution in [3.05, 3.63) is 46.0 Å². The summed E-state index contributed by atoms with van der Waals surface area (Å²) in [5, 5.41) is 5.68. The van der Waals surface area contributed by atoms with Crippen LogP contribution in [0, 0.1) is 0 Å². The zero-order chi connectivity index (χ0) is 11.9. The number of nitrogens with one attached hydrogen (secondary N) is 2. The lowest BCUT2D eigenvalue weighted by Gasteiger charge is -2.22. The molecule has 4 heterocycles. The van der Waals surface area contributed by atoms with Gasteiger partial charge in [-0.3, -0.25) is 0 Å². The minimum atomic E-state index is 0.175. The van der Waals surface area contributed by atoms with Crippen molar-refractivity contribution in [2.75, 3.05) is 6.54 Å². The molecule has 5 heteroatoms. The van der Waals surface area contributed by atoms with Crippen molar-refractivity contribution in [1.29, 1.82) is 0 Å². The lowest BCUT2D eigenvalue weighted by molar-refractivity contribution is 0.555. The number of fused-ring (bicyclic) bond motifs is 2. The Morgan fingerprint density at radius 1 is 1.33 bits per heavy atom. The maximum atomic E-state index is 4.59. The number of H-pyrrole nitrogens is 1. The van der Waals surface area contributed by atoms with E-state index in [0.717, 1.165) is 30.0 Å². The molecule has 3 aromatic heterocycles. The second kappa shape index (κ2) is 3.90. The largest absolute Gasteiger partial charge is 0.339 e. The van der Waals surface area contributed by atoms with E-state index in [1.165, 1.54) is 10.4 Å². The van der Waals surface area contributed by atoms with Crippen LogP contribution in [0.4, 0.5) is 0 Å². The van der Waals surface area contributed by atoms with Crippen LogP contribution in [-0.2, 0) is 6.42 Å². The van der Waals surface area contributed by atoms with Gasteiger partial charge in [0.25, 0.3) is 0 Å². The van der Waals surface area contributed by atoms with E-state index in [4.69, 9.17) is 0 Å². The standard InChI is InChI=1S/C13H12N4S/c1-2-9-12(15-5-1)17-13(16-9)11-8-4-7-18-10(8)3-6-14-11/h1-2,4-5,7,11,14H,3,6H2,(H,15,16,17). The number of hydrogen-bond donors (Lipinski definition) is 2. The molecule has 18 heavy (non-hydrogen) atoms. The van der Waals surface area contributed by atoms with E-state index in [1.807, 2.05) is 23.5 Å². The average molecular weight is 256 g/mol. The van der Waals surface area contributed by atoms with Gasteiger partial charge in [0.1, 0.15) is 5.82 Å². The topological polar surface area (TPSA) is 53.6 Å². The average Bonchev–Trinajstić information content (AvgIpc) is 3.04. The normalized spacial score (nSPS) is 19.0. The fraction of sp³-hybridized carbons (Fsp3) is 0.231. The van der Waals surface area contributed by atoms with Crippen molar-refractivity contribution < 1.29 is 0 Å². The lowest BCUT2D eigenvalue weighted by atomic mass is 10.0. The van der Waals surface area contributed by atoms with Crippen molar-refractivity contribution in [2.24, 2.45) is 0 Å². The molecule has 1 unspecified atom stereocenters. The molecule has 0 saturated carbocycles. The summed E-state index contributed by atoms with van der Waals surface area (Å²) in [6, 6.07) is 6.30. The van der Waals surface area contributed by atoms with Crippen molar-refractivity contribution in [3.8, 4) is 0 Å². The predicted octanol–water partition coefficient (Wildman–Crippen LogP) is 2.25. The Bertz CT molecular complexity index is 667. The number of aromatic nitrogens is 3. The van der Waals surface area contributed by atoms with Crippen LogP contribution >= 0.6 is 11.3 Å². The highest BCUT2D eigenvalue weighted by molar-refractivity contribution is 7.10. The number of aromatic amines is 1. The van der Waals surface area contributed by atoms with Crippen LogP contribution in [0.2, 0.25) is 0 Å². The SMILES string of the molecule is c1cnc2nc(C3NCCc4sccc43)[nH]c2c1. The molecular weight excluding hydrogens is 244 g/mol. The van der Waals surface area contributed by atoms with E-state index in [-0.39, 0.29) is 6.04 Å². The van der Waals surface area contributed by atoms with Crippen molar-refractivity contribution in [2.45, 2.75) is 12.5 Å². The minimum absolute atomic E-state index is 0.175. The fourth-order valence-electron chi connectivity index (χ4n) is 2.50. The first-order chi connectivity index (χ1) is 8.92. The number of imidazole rings is 1. The van der Waals surface area contributed by atoms with Crippen molar-refractivity contribution in [1.82, 2.24) is 20.3 Å². The summed E-state index contributed by atoms with van der Waals surface area (Å²) < 4.78 is 0. The van der Waals surface area contributed by atoms with E-state index in [9.17, 15) is 0 Å². The predicted molar refractivity (Wildman–Crippen MR) is 71.8 cm³/mol. The lowest BCUT2D eigenvalue weighted by Crippen LogP contribution is -2.30. The van der Waals surface area contributed by atoms with Crippen LogP contribution in [0.1, 0.15) is 22.3 Å². The maximum Gasteiger partial charge on any atom is 0.177 e. The van der Waals surface area contributed by atoms with Gasteiger partial charge in [-0.25, -0.2) is 9.97 Å².